The van der Waals surface area contributed by atoms with Crippen molar-refractivity contribution in [3.8, 4) is 0 Å². The number of H-pyrrole nitrogens is 1. The Balaban J connectivity index is 1.37. The minimum Gasteiger partial charge on any atom is -0.310 e. The summed E-state index contributed by atoms with van der Waals surface area (Å²) in [5, 5.41) is 1.63. The lowest BCUT2D eigenvalue weighted by Crippen LogP contribution is -2.36. The van der Waals surface area contributed by atoms with E-state index in [9.17, 15) is 4.79 Å². The van der Waals surface area contributed by atoms with E-state index in [0.29, 0.717) is 24.2 Å². The molecule has 5 rings (SSSR count). The van der Waals surface area contributed by atoms with Crippen LogP contribution in [0.1, 0.15) is 66.2 Å². The number of rotatable bonds is 3. The molecule has 5 nitrogen and oxygen atoms in total. The van der Waals surface area contributed by atoms with Crippen LogP contribution in [0.25, 0.3) is 10.9 Å². The van der Waals surface area contributed by atoms with Crippen LogP contribution in [0, 0.1) is 6.92 Å². The molecule has 1 N–H and O–H groups in total. The van der Waals surface area contributed by atoms with Gasteiger partial charge < -0.3 is 4.98 Å². The first-order valence-corrected chi connectivity index (χ1v) is 11.3. The summed E-state index contributed by atoms with van der Waals surface area (Å²) < 4.78 is 0. The molecule has 1 aromatic carbocycles. The highest BCUT2D eigenvalue weighted by Gasteiger charge is 2.25. The summed E-state index contributed by atoms with van der Waals surface area (Å²) in [6.07, 6.45) is 6.85. The highest BCUT2D eigenvalue weighted by atomic mass is 35.5. The second kappa shape index (κ2) is 8.12. The number of aromatic nitrogens is 3. The minimum atomic E-state index is 0.0310. The van der Waals surface area contributed by atoms with Crippen molar-refractivity contribution in [1.82, 2.24) is 19.9 Å². The molecule has 3 heterocycles. The zero-order valence-electron chi connectivity index (χ0n) is 17.4. The van der Waals surface area contributed by atoms with Gasteiger partial charge in [0.15, 0.2) is 0 Å². The zero-order valence-corrected chi connectivity index (χ0v) is 18.1. The number of benzene rings is 1. The molecule has 1 aliphatic heterocycles. The molecule has 1 aliphatic carbocycles. The number of hydrogen-bond donors (Lipinski definition) is 1. The van der Waals surface area contributed by atoms with Gasteiger partial charge in [0.2, 0.25) is 0 Å². The van der Waals surface area contributed by atoms with Gasteiger partial charge in [-0.05, 0) is 37.5 Å². The summed E-state index contributed by atoms with van der Waals surface area (Å²) in [7, 11) is 0. The van der Waals surface area contributed by atoms with Gasteiger partial charge >= 0.3 is 0 Å². The molecular formula is C24H27ClN4O. The molecule has 0 radical (unpaired) electrons. The summed E-state index contributed by atoms with van der Waals surface area (Å²) in [5.41, 5.74) is 4.91. The first-order chi connectivity index (χ1) is 14.6. The van der Waals surface area contributed by atoms with E-state index in [1.54, 1.807) is 0 Å². The van der Waals surface area contributed by atoms with Crippen molar-refractivity contribution >= 4 is 22.5 Å². The lowest BCUT2D eigenvalue weighted by Gasteiger charge is -2.29. The van der Waals surface area contributed by atoms with E-state index in [1.165, 1.54) is 24.8 Å². The van der Waals surface area contributed by atoms with Crippen molar-refractivity contribution in [3.05, 3.63) is 68.0 Å². The Kier molecular flexibility index (Phi) is 5.34. The van der Waals surface area contributed by atoms with Crippen molar-refractivity contribution in [3.63, 3.8) is 0 Å². The second-order valence-corrected chi connectivity index (χ2v) is 9.16. The lowest BCUT2D eigenvalue weighted by molar-refractivity contribution is 0.241. The van der Waals surface area contributed by atoms with Gasteiger partial charge in [0, 0.05) is 42.9 Å². The van der Waals surface area contributed by atoms with Gasteiger partial charge in [-0.15, -0.1) is 0 Å². The van der Waals surface area contributed by atoms with Crippen LogP contribution < -0.4 is 5.56 Å². The monoisotopic (exact) mass is 422 g/mol. The number of nitrogens with zero attached hydrogens (tertiary/aromatic N) is 3. The van der Waals surface area contributed by atoms with E-state index in [4.69, 9.17) is 16.6 Å². The zero-order chi connectivity index (χ0) is 20.7. The van der Waals surface area contributed by atoms with E-state index in [1.807, 2.05) is 0 Å². The van der Waals surface area contributed by atoms with E-state index < -0.39 is 0 Å². The van der Waals surface area contributed by atoms with Crippen LogP contribution in [0.3, 0.4) is 0 Å². The molecule has 30 heavy (non-hydrogen) atoms. The Bertz CT molecular complexity index is 1150. The largest absolute Gasteiger partial charge is 0.310 e. The van der Waals surface area contributed by atoms with Gasteiger partial charge in [-0.25, -0.2) is 9.97 Å². The SMILES string of the molecule is Cc1ccc2cc(CN3CCc4nc(C5CCCCC5)[nH]c(=O)c4C3)c(Cl)nc2c1. The van der Waals surface area contributed by atoms with Crippen LogP contribution in [0.15, 0.2) is 29.1 Å². The summed E-state index contributed by atoms with van der Waals surface area (Å²) >= 11 is 6.50. The molecule has 0 amide bonds. The molecule has 0 unspecified atom stereocenters. The van der Waals surface area contributed by atoms with Crippen molar-refractivity contribution in [2.45, 2.75) is 64.5 Å². The molecule has 0 spiro atoms. The number of halogens is 1. The maximum atomic E-state index is 12.8. The summed E-state index contributed by atoms with van der Waals surface area (Å²) in [5.74, 6) is 1.32. The van der Waals surface area contributed by atoms with Crippen LogP contribution in [0.4, 0.5) is 0 Å². The van der Waals surface area contributed by atoms with Crippen LogP contribution >= 0.6 is 11.6 Å². The molecule has 2 aromatic heterocycles. The Labute approximate surface area is 181 Å². The third-order valence-corrected chi connectivity index (χ3v) is 6.88. The second-order valence-electron chi connectivity index (χ2n) is 8.81. The van der Waals surface area contributed by atoms with Crippen molar-refractivity contribution in [2.24, 2.45) is 0 Å². The van der Waals surface area contributed by atoms with Gasteiger partial charge in [-0.1, -0.05) is 43.0 Å². The smallest absolute Gasteiger partial charge is 0.255 e. The number of fused-ring (bicyclic) bond motifs is 2. The summed E-state index contributed by atoms with van der Waals surface area (Å²) in [6.45, 7) is 4.21. The minimum absolute atomic E-state index is 0.0310. The first-order valence-electron chi connectivity index (χ1n) is 11.0. The normalized spacial score (nSPS) is 17.9. The summed E-state index contributed by atoms with van der Waals surface area (Å²) in [6, 6.07) is 8.35. The molecule has 1 fully saturated rings. The fourth-order valence-electron chi connectivity index (χ4n) is 4.85. The van der Waals surface area contributed by atoms with Gasteiger partial charge in [-0.3, -0.25) is 9.69 Å². The Morgan fingerprint density at radius 3 is 2.83 bits per heavy atom. The van der Waals surface area contributed by atoms with Gasteiger partial charge in [0.05, 0.1) is 16.8 Å². The average molecular weight is 423 g/mol. The Morgan fingerprint density at radius 1 is 1.17 bits per heavy atom. The molecule has 2 aliphatic rings. The summed E-state index contributed by atoms with van der Waals surface area (Å²) in [4.78, 5) is 27.7. The van der Waals surface area contributed by atoms with Crippen LogP contribution in [-0.4, -0.2) is 26.4 Å². The van der Waals surface area contributed by atoms with Crippen LogP contribution in [0.2, 0.25) is 5.15 Å². The Morgan fingerprint density at radius 2 is 2.00 bits per heavy atom. The lowest BCUT2D eigenvalue weighted by atomic mass is 9.88. The van der Waals surface area contributed by atoms with E-state index in [-0.39, 0.29) is 5.56 Å². The standard InChI is InChI=1S/C24H27ClN4O/c1-15-7-8-17-12-18(22(25)26-21(17)11-15)13-29-10-9-20-19(14-29)24(30)28-23(27-20)16-5-3-2-4-6-16/h7-8,11-12,16H,2-6,9-10,13-14H2,1H3,(H,27,28,30). The maximum absolute atomic E-state index is 12.8. The molecule has 0 atom stereocenters. The van der Waals surface area contributed by atoms with Crippen LogP contribution in [-0.2, 0) is 19.5 Å². The average Bonchev–Trinajstić information content (AvgIpc) is 2.75. The predicted octanol–water partition coefficient (Wildman–Crippen LogP) is 4.89. The fourth-order valence-corrected chi connectivity index (χ4v) is 5.06. The number of pyridine rings is 1. The molecule has 0 saturated heterocycles. The maximum Gasteiger partial charge on any atom is 0.255 e. The predicted molar refractivity (Wildman–Crippen MR) is 120 cm³/mol. The first kappa shape index (κ1) is 19.7. The third kappa shape index (κ3) is 3.88. The van der Waals surface area contributed by atoms with Gasteiger partial charge in [-0.2, -0.15) is 0 Å². The van der Waals surface area contributed by atoms with Gasteiger partial charge in [0.1, 0.15) is 11.0 Å². The fraction of sp³-hybridized carbons (Fsp3) is 0.458. The molecule has 0 bridgehead atoms. The molecule has 6 heteroatoms. The number of aryl methyl sites for hydroxylation is 1. The number of aromatic amines is 1. The highest BCUT2D eigenvalue weighted by Crippen LogP contribution is 2.31. The quantitative estimate of drug-likeness (QED) is 0.610. The number of hydrogen-bond acceptors (Lipinski definition) is 4. The molecular weight excluding hydrogens is 396 g/mol. The van der Waals surface area contributed by atoms with E-state index in [2.05, 4.69) is 46.1 Å². The van der Waals surface area contributed by atoms with Crippen molar-refractivity contribution < 1.29 is 0 Å². The number of nitrogens with one attached hydrogen (secondary N) is 1. The molecule has 156 valence electrons. The highest BCUT2D eigenvalue weighted by molar-refractivity contribution is 6.30. The van der Waals surface area contributed by atoms with Crippen LogP contribution in [0.5, 0.6) is 0 Å². The third-order valence-electron chi connectivity index (χ3n) is 6.55. The molecule has 3 aromatic rings. The Hall–Kier alpha value is -2.24. The van der Waals surface area contributed by atoms with E-state index in [0.717, 1.165) is 59.4 Å². The van der Waals surface area contributed by atoms with E-state index >= 15 is 0 Å². The van der Waals surface area contributed by atoms with Crippen molar-refractivity contribution in [1.29, 1.82) is 0 Å². The molecule has 1 saturated carbocycles. The van der Waals surface area contributed by atoms with Gasteiger partial charge in [0.25, 0.3) is 5.56 Å². The van der Waals surface area contributed by atoms with Crippen molar-refractivity contribution in [2.75, 3.05) is 6.54 Å². The topological polar surface area (TPSA) is 61.9 Å².